The summed E-state index contributed by atoms with van der Waals surface area (Å²) >= 11 is 0. The van der Waals surface area contributed by atoms with Crippen molar-refractivity contribution in [3.8, 4) is 0 Å². The lowest BCUT2D eigenvalue weighted by molar-refractivity contribution is -0.225. The van der Waals surface area contributed by atoms with E-state index in [1.165, 1.54) is 7.11 Å². The Morgan fingerprint density at radius 2 is 2.27 bits per heavy atom. The molecule has 1 aliphatic rings. The van der Waals surface area contributed by atoms with Gasteiger partial charge >= 0.3 is 5.97 Å². The fourth-order valence-corrected chi connectivity index (χ4v) is 1.01. The number of carbonyl (C=O) groups excluding carboxylic acids is 1. The molecule has 0 saturated carbocycles. The Morgan fingerprint density at radius 1 is 1.64 bits per heavy atom. The van der Waals surface area contributed by atoms with Gasteiger partial charge in [0.05, 0.1) is 20.3 Å². The number of hydrogen-bond acceptors (Lipinski definition) is 4. The molecule has 1 saturated heterocycles. The first-order chi connectivity index (χ1) is 5.25. The second-order valence-electron chi connectivity index (χ2n) is 2.41. The first-order valence-corrected chi connectivity index (χ1v) is 3.55. The molecule has 1 rings (SSSR count). The summed E-state index contributed by atoms with van der Waals surface area (Å²) in [6.07, 6.45) is 0. The molecule has 0 aromatic heterocycles. The van der Waals surface area contributed by atoms with E-state index >= 15 is 0 Å². The summed E-state index contributed by atoms with van der Waals surface area (Å²) in [4.78, 5) is 11.1. The van der Waals surface area contributed by atoms with Gasteiger partial charge in [-0.1, -0.05) is 0 Å². The summed E-state index contributed by atoms with van der Waals surface area (Å²) in [5.41, 5.74) is -0.802. The van der Waals surface area contributed by atoms with Crippen molar-refractivity contribution >= 4 is 5.97 Å². The van der Waals surface area contributed by atoms with Crippen LogP contribution in [-0.4, -0.2) is 38.5 Å². The molecular weight excluding hydrogens is 148 g/mol. The number of esters is 1. The molecule has 0 spiro atoms. The average molecular weight is 160 g/mol. The monoisotopic (exact) mass is 160 g/mol. The summed E-state index contributed by atoms with van der Waals surface area (Å²) in [5.74, 6) is -0.342. The van der Waals surface area contributed by atoms with E-state index in [0.29, 0.717) is 19.8 Å². The van der Waals surface area contributed by atoms with Gasteiger partial charge in [-0.05, 0) is 6.92 Å². The van der Waals surface area contributed by atoms with Crippen molar-refractivity contribution in [1.82, 2.24) is 0 Å². The summed E-state index contributed by atoms with van der Waals surface area (Å²) in [6, 6.07) is 0. The molecule has 1 aliphatic heterocycles. The molecule has 0 aromatic rings. The van der Waals surface area contributed by atoms with Crippen LogP contribution in [0.15, 0.2) is 0 Å². The number of methoxy groups -OCH3 is 1. The molecule has 1 fully saturated rings. The molecule has 0 aromatic carbocycles. The summed E-state index contributed by atoms with van der Waals surface area (Å²) in [5, 5.41) is 0. The van der Waals surface area contributed by atoms with Gasteiger partial charge in [0.25, 0.3) is 0 Å². The third-order valence-electron chi connectivity index (χ3n) is 1.65. The zero-order valence-corrected chi connectivity index (χ0v) is 6.75. The lowest BCUT2D eigenvalue weighted by Gasteiger charge is -2.37. The van der Waals surface area contributed by atoms with Gasteiger partial charge in [0.1, 0.15) is 0 Å². The standard InChI is InChI=1S/C7H12O4/c1-3-11-7(4-10-5-7)6(8)9-2/h3-5H2,1-2H3. The van der Waals surface area contributed by atoms with Crippen molar-refractivity contribution in [2.45, 2.75) is 12.5 Å². The maximum Gasteiger partial charge on any atom is 0.343 e. The first-order valence-electron chi connectivity index (χ1n) is 3.55. The van der Waals surface area contributed by atoms with Crippen LogP contribution < -0.4 is 0 Å². The predicted octanol–water partition coefficient (Wildman–Crippen LogP) is -0.0351. The highest BCUT2D eigenvalue weighted by Crippen LogP contribution is 2.22. The molecule has 1 heterocycles. The Bertz CT molecular complexity index is 151. The molecule has 64 valence electrons. The largest absolute Gasteiger partial charge is 0.467 e. The van der Waals surface area contributed by atoms with Crippen molar-refractivity contribution in [3.05, 3.63) is 0 Å². The minimum absolute atomic E-state index is 0.313. The van der Waals surface area contributed by atoms with Crippen molar-refractivity contribution in [2.24, 2.45) is 0 Å². The van der Waals surface area contributed by atoms with Crippen LogP contribution in [0, 0.1) is 0 Å². The SMILES string of the molecule is CCOC1(C(=O)OC)COC1. The van der Waals surface area contributed by atoms with Crippen LogP contribution in [0.5, 0.6) is 0 Å². The minimum Gasteiger partial charge on any atom is -0.467 e. The minimum atomic E-state index is -0.802. The smallest absolute Gasteiger partial charge is 0.343 e. The number of carbonyl (C=O) groups is 1. The van der Waals surface area contributed by atoms with Gasteiger partial charge in [0.2, 0.25) is 5.60 Å². The molecule has 0 unspecified atom stereocenters. The highest BCUT2D eigenvalue weighted by Gasteiger charge is 2.48. The highest BCUT2D eigenvalue weighted by atomic mass is 16.6. The Morgan fingerprint density at radius 3 is 2.55 bits per heavy atom. The van der Waals surface area contributed by atoms with E-state index in [9.17, 15) is 4.79 Å². The summed E-state index contributed by atoms with van der Waals surface area (Å²) < 4.78 is 14.7. The Kier molecular flexibility index (Phi) is 2.46. The zero-order chi connectivity index (χ0) is 8.32. The fourth-order valence-electron chi connectivity index (χ4n) is 1.01. The maximum absolute atomic E-state index is 11.1. The quantitative estimate of drug-likeness (QED) is 0.543. The Labute approximate surface area is 65.4 Å². The molecule has 0 bridgehead atoms. The van der Waals surface area contributed by atoms with Gasteiger partial charge in [-0.15, -0.1) is 0 Å². The van der Waals surface area contributed by atoms with Crippen LogP contribution in [0.3, 0.4) is 0 Å². The molecule has 0 aliphatic carbocycles. The molecule has 0 atom stereocenters. The second-order valence-corrected chi connectivity index (χ2v) is 2.41. The van der Waals surface area contributed by atoms with E-state index in [1.54, 1.807) is 0 Å². The van der Waals surface area contributed by atoms with Gasteiger partial charge in [0.15, 0.2) is 0 Å². The van der Waals surface area contributed by atoms with Crippen LogP contribution in [0.1, 0.15) is 6.92 Å². The van der Waals surface area contributed by atoms with E-state index in [4.69, 9.17) is 9.47 Å². The van der Waals surface area contributed by atoms with Crippen LogP contribution in [0.25, 0.3) is 0 Å². The molecule has 4 nitrogen and oxygen atoms in total. The average Bonchev–Trinajstić information content (AvgIpc) is 1.95. The lowest BCUT2D eigenvalue weighted by Crippen LogP contribution is -2.58. The van der Waals surface area contributed by atoms with Gasteiger partial charge < -0.3 is 14.2 Å². The maximum atomic E-state index is 11.1. The van der Waals surface area contributed by atoms with Crippen molar-refractivity contribution < 1.29 is 19.0 Å². The summed E-state index contributed by atoms with van der Waals surface area (Å²) in [6.45, 7) is 2.96. The number of rotatable bonds is 3. The number of hydrogen-bond donors (Lipinski definition) is 0. The molecule has 11 heavy (non-hydrogen) atoms. The van der Waals surface area contributed by atoms with Crippen molar-refractivity contribution in [3.63, 3.8) is 0 Å². The Hall–Kier alpha value is -0.610. The van der Waals surface area contributed by atoms with Crippen molar-refractivity contribution in [2.75, 3.05) is 26.9 Å². The third kappa shape index (κ3) is 1.36. The summed E-state index contributed by atoms with van der Waals surface area (Å²) in [7, 11) is 1.35. The van der Waals surface area contributed by atoms with Crippen LogP contribution in [0.2, 0.25) is 0 Å². The van der Waals surface area contributed by atoms with Gasteiger partial charge in [-0.2, -0.15) is 0 Å². The van der Waals surface area contributed by atoms with E-state index in [0.717, 1.165) is 0 Å². The van der Waals surface area contributed by atoms with E-state index in [1.807, 2.05) is 6.92 Å². The van der Waals surface area contributed by atoms with Gasteiger partial charge in [-0.25, -0.2) is 4.79 Å². The molecule has 4 heteroatoms. The second kappa shape index (κ2) is 3.19. The van der Waals surface area contributed by atoms with E-state index in [-0.39, 0.29) is 5.97 Å². The molecule has 0 N–H and O–H groups in total. The Balaban J connectivity index is 2.52. The first kappa shape index (κ1) is 8.49. The molecule has 0 amide bonds. The van der Waals surface area contributed by atoms with E-state index < -0.39 is 5.60 Å². The van der Waals surface area contributed by atoms with Crippen LogP contribution in [-0.2, 0) is 19.0 Å². The lowest BCUT2D eigenvalue weighted by atomic mass is 10.0. The van der Waals surface area contributed by atoms with E-state index in [2.05, 4.69) is 4.74 Å². The zero-order valence-electron chi connectivity index (χ0n) is 6.75. The van der Waals surface area contributed by atoms with Crippen LogP contribution in [0.4, 0.5) is 0 Å². The van der Waals surface area contributed by atoms with Gasteiger partial charge in [-0.3, -0.25) is 0 Å². The van der Waals surface area contributed by atoms with Crippen molar-refractivity contribution in [1.29, 1.82) is 0 Å². The molecular formula is C7H12O4. The fraction of sp³-hybridized carbons (Fsp3) is 0.857. The third-order valence-corrected chi connectivity index (χ3v) is 1.65. The topological polar surface area (TPSA) is 44.8 Å². The normalized spacial score (nSPS) is 20.5. The highest BCUT2D eigenvalue weighted by molar-refractivity contribution is 5.80. The van der Waals surface area contributed by atoms with Crippen LogP contribution >= 0.6 is 0 Å². The van der Waals surface area contributed by atoms with Gasteiger partial charge in [0, 0.05) is 6.61 Å². The predicted molar refractivity (Wildman–Crippen MR) is 37.2 cm³/mol. The number of ether oxygens (including phenoxy) is 3. The molecule has 0 radical (unpaired) electrons.